The van der Waals surface area contributed by atoms with Crippen LogP contribution in [0.15, 0.2) is 48.8 Å². The fourth-order valence-electron chi connectivity index (χ4n) is 2.82. The van der Waals surface area contributed by atoms with Crippen LogP contribution in [0.5, 0.6) is 0 Å². The Morgan fingerprint density at radius 3 is 1.68 bits per heavy atom. The predicted octanol–water partition coefficient (Wildman–Crippen LogP) is 8.46. The Bertz CT molecular complexity index is 455. The van der Waals surface area contributed by atoms with Gasteiger partial charge in [-0.15, -0.1) is 0 Å². The largest absolute Gasteiger partial charge is 0.434 e. The van der Waals surface area contributed by atoms with Crippen molar-refractivity contribution < 1.29 is 9.53 Å². The number of unbranched alkanes of at least 4 members (excludes halogenated alkanes) is 12. The lowest BCUT2D eigenvalue weighted by atomic mass is 10.0. The highest BCUT2D eigenvalue weighted by atomic mass is 16.5. The Labute approximate surface area is 174 Å². The van der Waals surface area contributed by atoms with Crippen LogP contribution in [0.25, 0.3) is 0 Å². The van der Waals surface area contributed by atoms with Crippen LogP contribution in [-0.4, -0.2) is 5.97 Å². The molecule has 0 fully saturated rings. The summed E-state index contributed by atoms with van der Waals surface area (Å²) in [5.74, 6) is -0.301. The Morgan fingerprint density at radius 2 is 1.14 bits per heavy atom. The second kappa shape index (κ2) is 21.7. The van der Waals surface area contributed by atoms with E-state index in [2.05, 4.69) is 19.1 Å². The van der Waals surface area contributed by atoms with Crippen LogP contribution in [0.1, 0.15) is 104 Å². The van der Waals surface area contributed by atoms with Crippen molar-refractivity contribution >= 4 is 5.97 Å². The molecular weight excluding hydrogens is 344 g/mol. The Balaban J connectivity index is 3.39. The lowest BCUT2D eigenvalue weighted by Crippen LogP contribution is -2.07. The summed E-state index contributed by atoms with van der Waals surface area (Å²) in [7, 11) is 0. The summed E-state index contributed by atoms with van der Waals surface area (Å²) in [4.78, 5) is 11.2. The van der Waals surface area contributed by atoms with E-state index in [4.69, 9.17) is 4.74 Å². The van der Waals surface area contributed by atoms with E-state index in [-0.39, 0.29) is 11.9 Å². The first-order valence-corrected chi connectivity index (χ1v) is 11.5. The maximum atomic E-state index is 11.2. The third-order valence-electron chi connectivity index (χ3n) is 4.65. The van der Waals surface area contributed by atoms with Crippen LogP contribution in [0.4, 0.5) is 0 Å². The van der Waals surface area contributed by atoms with Crippen LogP contribution in [0, 0.1) is 5.92 Å². The van der Waals surface area contributed by atoms with E-state index >= 15 is 0 Å². The molecule has 0 radical (unpaired) electrons. The van der Waals surface area contributed by atoms with Crippen molar-refractivity contribution in [3.8, 4) is 0 Å². The molecule has 0 aromatic rings. The molecule has 0 rings (SSSR count). The highest BCUT2D eigenvalue weighted by molar-refractivity contribution is 5.72. The van der Waals surface area contributed by atoms with E-state index in [0.717, 1.165) is 6.42 Å². The van der Waals surface area contributed by atoms with E-state index in [1.807, 2.05) is 38.2 Å². The summed E-state index contributed by atoms with van der Waals surface area (Å²) < 4.78 is 4.93. The van der Waals surface area contributed by atoms with Gasteiger partial charge in [0.25, 0.3) is 0 Å². The molecule has 0 aliphatic carbocycles. The van der Waals surface area contributed by atoms with E-state index in [1.165, 1.54) is 83.3 Å². The summed E-state index contributed by atoms with van der Waals surface area (Å²) in [6, 6.07) is 0. The van der Waals surface area contributed by atoms with Gasteiger partial charge in [0.15, 0.2) is 0 Å². The van der Waals surface area contributed by atoms with Crippen LogP contribution < -0.4 is 0 Å². The molecule has 0 amide bonds. The highest BCUT2D eigenvalue weighted by Gasteiger charge is 2.04. The van der Waals surface area contributed by atoms with Gasteiger partial charge >= 0.3 is 5.97 Å². The number of esters is 1. The molecule has 0 N–H and O–H groups in total. The number of carbonyl (C=O) groups excluding carboxylic acids is 1. The second-order valence-corrected chi connectivity index (χ2v) is 7.80. The monoisotopic (exact) mass is 388 g/mol. The van der Waals surface area contributed by atoms with Gasteiger partial charge in [0, 0.05) is 0 Å². The van der Waals surface area contributed by atoms with Crippen molar-refractivity contribution in [2.24, 2.45) is 5.92 Å². The molecule has 0 unspecified atom stereocenters. The molecule has 0 spiro atoms. The minimum Gasteiger partial charge on any atom is -0.434 e. The minimum atomic E-state index is -0.207. The third kappa shape index (κ3) is 20.7. The van der Waals surface area contributed by atoms with Crippen LogP contribution in [-0.2, 0) is 9.53 Å². The molecule has 2 nitrogen and oxygen atoms in total. The van der Waals surface area contributed by atoms with Gasteiger partial charge in [0.1, 0.15) is 0 Å². The zero-order valence-electron chi connectivity index (χ0n) is 18.7. The topological polar surface area (TPSA) is 26.3 Å². The minimum absolute atomic E-state index is 0.0937. The quantitative estimate of drug-likeness (QED) is 0.102. The molecule has 28 heavy (non-hydrogen) atoms. The number of carbonyl (C=O) groups is 1. The zero-order valence-corrected chi connectivity index (χ0v) is 18.7. The van der Waals surface area contributed by atoms with E-state index < -0.39 is 0 Å². The van der Waals surface area contributed by atoms with Gasteiger partial charge in [0.2, 0.25) is 0 Å². The van der Waals surface area contributed by atoms with Crippen LogP contribution >= 0.6 is 0 Å². The summed E-state index contributed by atoms with van der Waals surface area (Å²) >= 11 is 0. The molecule has 0 saturated carbocycles. The number of hydrogen-bond acceptors (Lipinski definition) is 2. The molecule has 0 atom stereocenters. The van der Waals surface area contributed by atoms with Crippen LogP contribution in [0.2, 0.25) is 0 Å². The number of rotatable bonds is 18. The summed E-state index contributed by atoms with van der Waals surface area (Å²) in [6.07, 6.45) is 33.2. The van der Waals surface area contributed by atoms with Crippen molar-refractivity contribution in [3.63, 3.8) is 0 Å². The molecule has 0 saturated heterocycles. The highest BCUT2D eigenvalue weighted by Crippen LogP contribution is 2.12. The SMILES string of the molecule is CCCCCCCCCCCCCCC=CC=CC=CC=COC(=O)C(C)C. The van der Waals surface area contributed by atoms with Gasteiger partial charge in [-0.3, -0.25) is 4.79 Å². The lowest BCUT2D eigenvalue weighted by molar-refractivity contribution is -0.141. The van der Waals surface area contributed by atoms with Gasteiger partial charge < -0.3 is 4.74 Å². The van der Waals surface area contributed by atoms with Crippen molar-refractivity contribution in [2.45, 2.75) is 104 Å². The van der Waals surface area contributed by atoms with Gasteiger partial charge in [-0.2, -0.15) is 0 Å². The number of hydrogen-bond donors (Lipinski definition) is 0. The van der Waals surface area contributed by atoms with Crippen molar-refractivity contribution in [2.75, 3.05) is 0 Å². The van der Waals surface area contributed by atoms with Crippen molar-refractivity contribution in [3.05, 3.63) is 48.8 Å². The van der Waals surface area contributed by atoms with E-state index in [1.54, 1.807) is 6.08 Å². The molecular formula is C26H44O2. The van der Waals surface area contributed by atoms with Gasteiger partial charge in [-0.25, -0.2) is 0 Å². The fraction of sp³-hybridized carbons (Fsp3) is 0.654. The predicted molar refractivity (Wildman–Crippen MR) is 123 cm³/mol. The molecule has 0 aliphatic heterocycles. The first-order valence-electron chi connectivity index (χ1n) is 11.5. The Kier molecular flexibility index (Phi) is 20.5. The standard InChI is InChI=1S/C26H44O2/c1-4-5-6-7-8-9-10-11-12-13-14-15-16-17-18-19-20-21-22-23-24-28-26(27)25(2)3/h17-25H,4-16H2,1-3H3. The van der Waals surface area contributed by atoms with Crippen molar-refractivity contribution in [1.29, 1.82) is 0 Å². The van der Waals surface area contributed by atoms with E-state index in [0.29, 0.717) is 0 Å². The second-order valence-electron chi connectivity index (χ2n) is 7.80. The van der Waals surface area contributed by atoms with Crippen molar-refractivity contribution in [1.82, 2.24) is 0 Å². The molecule has 0 aromatic heterocycles. The fourth-order valence-corrected chi connectivity index (χ4v) is 2.82. The summed E-state index contributed by atoms with van der Waals surface area (Å²) in [5, 5.41) is 0. The van der Waals surface area contributed by atoms with Gasteiger partial charge in [-0.1, -0.05) is 128 Å². The average Bonchev–Trinajstić information content (AvgIpc) is 2.68. The third-order valence-corrected chi connectivity index (χ3v) is 4.65. The molecule has 0 heterocycles. The van der Waals surface area contributed by atoms with E-state index in [9.17, 15) is 4.79 Å². The Hall–Kier alpha value is -1.57. The normalized spacial score (nSPS) is 12.4. The molecule has 160 valence electrons. The zero-order chi connectivity index (χ0) is 20.7. The number of ether oxygens (including phenoxy) is 1. The summed E-state index contributed by atoms with van der Waals surface area (Å²) in [6.45, 7) is 5.91. The van der Waals surface area contributed by atoms with Crippen LogP contribution in [0.3, 0.4) is 0 Å². The lowest BCUT2D eigenvalue weighted by Gasteiger charge is -2.02. The van der Waals surface area contributed by atoms with Gasteiger partial charge in [0.05, 0.1) is 12.2 Å². The molecule has 2 heteroatoms. The molecule has 0 aromatic carbocycles. The first-order chi connectivity index (χ1) is 13.7. The smallest absolute Gasteiger partial charge is 0.313 e. The average molecular weight is 389 g/mol. The molecule has 0 aliphatic rings. The molecule has 0 bridgehead atoms. The maximum Gasteiger partial charge on any atom is 0.313 e. The summed E-state index contributed by atoms with van der Waals surface area (Å²) in [5.41, 5.74) is 0. The van der Waals surface area contributed by atoms with Gasteiger partial charge in [-0.05, 0) is 18.9 Å². The Morgan fingerprint density at radius 1 is 0.679 bits per heavy atom. The first kappa shape index (κ1) is 26.4. The number of allylic oxidation sites excluding steroid dienone is 7. The maximum absolute atomic E-state index is 11.2.